The monoisotopic (exact) mass is 497 g/mol. The normalized spacial score (nSPS) is 10.8. The number of thioether (sulfide) groups is 1. The average Bonchev–Trinajstić information content (AvgIpc) is 3.20. The Morgan fingerprint density at radius 2 is 1.84 bits per heavy atom. The average molecular weight is 498 g/mol. The van der Waals surface area contributed by atoms with Gasteiger partial charge in [-0.15, -0.1) is 10.2 Å². The van der Waals surface area contributed by atoms with Gasteiger partial charge in [0, 0.05) is 33.8 Å². The second-order valence-corrected chi connectivity index (χ2v) is 8.45. The zero-order valence-electron chi connectivity index (χ0n) is 16.4. The van der Waals surface area contributed by atoms with Gasteiger partial charge in [-0.05, 0) is 67.1 Å². The van der Waals surface area contributed by atoms with Gasteiger partial charge >= 0.3 is 0 Å². The number of amides is 1. The minimum Gasteiger partial charge on any atom is -0.325 e. The van der Waals surface area contributed by atoms with Crippen molar-refractivity contribution in [3.63, 3.8) is 0 Å². The molecule has 6 nitrogen and oxygen atoms in total. The van der Waals surface area contributed by atoms with E-state index in [2.05, 4.69) is 36.4 Å². The van der Waals surface area contributed by atoms with Crippen molar-refractivity contribution in [2.75, 3.05) is 11.1 Å². The summed E-state index contributed by atoms with van der Waals surface area (Å²) < 4.78 is 16.2. The van der Waals surface area contributed by atoms with E-state index in [1.54, 1.807) is 29.1 Å². The van der Waals surface area contributed by atoms with Crippen LogP contribution in [0, 0.1) is 12.7 Å². The van der Waals surface area contributed by atoms with Crippen LogP contribution >= 0.6 is 27.7 Å². The van der Waals surface area contributed by atoms with Crippen LogP contribution in [0.5, 0.6) is 0 Å². The third kappa shape index (κ3) is 5.00. The van der Waals surface area contributed by atoms with Crippen molar-refractivity contribution in [2.24, 2.45) is 0 Å². The van der Waals surface area contributed by atoms with Crippen LogP contribution in [-0.4, -0.2) is 31.4 Å². The Bertz CT molecular complexity index is 1210. The number of nitrogens with one attached hydrogen (secondary N) is 1. The number of nitrogens with zero attached hydrogens (tertiary/aromatic N) is 4. The summed E-state index contributed by atoms with van der Waals surface area (Å²) in [4.78, 5) is 16.5. The molecule has 0 unspecified atom stereocenters. The van der Waals surface area contributed by atoms with Crippen LogP contribution in [0.25, 0.3) is 17.1 Å². The number of rotatable bonds is 6. The van der Waals surface area contributed by atoms with Crippen molar-refractivity contribution in [2.45, 2.75) is 12.1 Å². The van der Waals surface area contributed by atoms with Crippen LogP contribution in [0.2, 0.25) is 0 Å². The first kappa shape index (κ1) is 21.2. The molecule has 1 N–H and O–H groups in total. The predicted molar refractivity (Wildman–Crippen MR) is 123 cm³/mol. The zero-order valence-corrected chi connectivity index (χ0v) is 18.8. The highest BCUT2D eigenvalue weighted by atomic mass is 79.9. The van der Waals surface area contributed by atoms with Gasteiger partial charge in [-0.25, -0.2) is 4.39 Å². The number of aryl methyl sites for hydroxylation is 1. The first-order valence-electron chi connectivity index (χ1n) is 9.32. The maximum Gasteiger partial charge on any atom is 0.234 e. The Morgan fingerprint density at radius 3 is 2.55 bits per heavy atom. The number of carbonyl (C=O) groups is 1. The highest BCUT2D eigenvalue weighted by Gasteiger charge is 2.17. The highest BCUT2D eigenvalue weighted by molar-refractivity contribution is 9.10. The van der Waals surface area contributed by atoms with Crippen molar-refractivity contribution in [1.82, 2.24) is 19.7 Å². The summed E-state index contributed by atoms with van der Waals surface area (Å²) in [7, 11) is 0. The predicted octanol–water partition coefficient (Wildman–Crippen LogP) is 5.27. The summed E-state index contributed by atoms with van der Waals surface area (Å²) in [6, 6.07) is 15.3. The second kappa shape index (κ2) is 9.40. The number of hydrogen-bond donors (Lipinski definition) is 1. The number of carbonyl (C=O) groups excluding carboxylic acids is 1. The fourth-order valence-corrected chi connectivity index (χ4v) is 3.92. The lowest BCUT2D eigenvalue weighted by molar-refractivity contribution is -0.113. The second-order valence-electron chi connectivity index (χ2n) is 6.65. The van der Waals surface area contributed by atoms with E-state index in [9.17, 15) is 9.18 Å². The van der Waals surface area contributed by atoms with Crippen LogP contribution < -0.4 is 5.32 Å². The molecular weight excluding hydrogens is 481 g/mol. The van der Waals surface area contributed by atoms with Crippen molar-refractivity contribution >= 4 is 39.3 Å². The first-order chi connectivity index (χ1) is 15.0. The highest BCUT2D eigenvalue weighted by Crippen LogP contribution is 2.28. The van der Waals surface area contributed by atoms with Gasteiger partial charge in [-0.3, -0.25) is 14.3 Å². The molecule has 0 aliphatic heterocycles. The van der Waals surface area contributed by atoms with Crippen molar-refractivity contribution in [3.8, 4) is 17.1 Å². The third-order valence-electron chi connectivity index (χ3n) is 4.43. The lowest BCUT2D eigenvalue weighted by Gasteiger charge is -2.11. The Balaban J connectivity index is 1.57. The smallest absolute Gasteiger partial charge is 0.234 e. The summed E-state index contributed by atoms with van der Waals surface area (Å²) in [6.07, 6.45) is 3.33. The van der Waals surface area contributed by atoms with Gasteiger partial charge in [0.25, 0.3) is 0 Å². The Kier molecular flexibility index (Phi) is 6.43. The molecule has 0 fully saturated rings. The van der Waals surface area contributed by atoms with Crippen molar-refractivity contribution in [3.05, 3.63) is 82.8 Å². The van der Waals surface area contributed by atoms with E-state index in [-0.39, 0.29) is 17.5 Å². The number of anilines is 1. The molecular formula is C22H17BrFN5OS. The van der Waals surface area contributed by atoms with E-state index in [4.69, 9.17) is 0 Å². The Hall–Kier alpha value is -3.04. The van der Waals surface area contributed by atoms with Crippen LogP contribution in [0.15, 0.2) is 76.6 Å². The summed E-state index contributed by atoms with van der Waals surface area (Å²) in [5, 5.41) is 12.0. The molecule has 2 heterocycles. The van der Waals surface area contributed by atoms with E-state index in [0.29, 0.717) is 16.7 Å². The standard InChI is InChI=1S/C22H17BrFN5OS/c1-14-12-17(4-7-19(14)23)26-20(30)13-31-22-28-27-21(15-8-10-25-11-9-15)29(22)18-5-2-16(24)3-6-18/h2-12H,13H2,1H3,(H,26,30). The molecule has 9 heteroatoms. The molecule has 0 spiro atoms. The molecule has 0 aliphatic carbocycles. The fourth-order valence-electron chi connectivity index (χ4n) is 2.92. The van der Waals surface area contributed by atoms with E-state index in [1.807, 2.05) is 37.3 Å². The molecule has 0 saturated carbocycles. The molecule has 2 aromatic carbocycles. The lowest BCUT2D eigenvalue weighted by atomic mass is 10.2. The van der Waals surface area contributed by atoms with Gasteiger partial charge in [0.05, 0.1) is 5.75 Å². The van der Waals surface area contributed by atoms with E-state index in [0.717, 1.165) is 21.3 Å². The first-order valence-corrected chi connectivity index (χ1v) is 11.1. The van der Waals surface area contributed by atoms with Crippen LogP contribution in [0.4, 0.5) is 10.1 Å². The number of aromatic nitrogens is 4. The molecule has 4 aromatic rings. The molecule has 0 radical (unpaired) electrons. The number of pyridine rings is 1. The molecule has 0 bridgehead atoms. The summed E-state index contributed by atoms with van der Waals surface area (Å²) in [5.74, 6) is 0.233. The van der Waals surface area contributed by atoms with Crippen molar-refractivity contribution in [1.29, 1.82) is 0 Å². The number of hydrogen-bond acceptors (Lipinski definition) is 5. The summed E-state index contributed by atoms with van der Waals surface area (Å²) >= 11 is 4.71. The largest absolute Gasteiger partial charge is 0.325 e. The van der Waals surface area contributed by atoms with Crippen LogP contribution in [-0.2, 0) is 4.79 Å². The molecule has 2 aromatic heterocycles. The molecule has 1 amide bonds. The van der Waals surface area contributed by atoms with Gasteiger partial charge in [0.1, 0.15) is 5.82 Å². The van der Waals surface area contributed by atoms with Gasteiger partial charge < -0.3 is 5.32 Å². The summed E-state index contributed by atoms with van der Waals surface area (Å²) in [6.45, 7) is 1.96. The van der Waals surface area contributed by atoms with Crippen LogP contribution in [0.3, 0.4) is 0 Å². The lowest BCUT2D eigenvalue weighted by Crippen LogP contribution is -2.14. The fraction of sp³-hybridized carbons (Fsp3) is 0.0909. The zero-order chi connectivity index (χ0) is 21.8. The van der Waals surface area contributed by atoms with Gasteiger partial charge in [0.15, 0.2) is 11.0 Å². The van der Waals surface area contributed by atoms with Gasteiger partial charge in [0.2, 0.25) is 5.91 Å². The minimum atomic E-state index is -0.333. The molecule has 0 atom stereocenters. The third-order valence-corrected chi connectivity index (χ3v) is 6.25. The number of benzene rings is 2. The van der Waals surface area contributed by atoms with Gasteiger partial charge in [-0.2, -0.15) is 0 Å². The molecule has 4 rings (SSSR count). The molecule has 0 saturated heterocycles. The number of halogens is 2. The summed E-state index contributed by atoms with van der Waals surface area (Å²) in [5.41, 5.74) is 3.27. The van der Waals surface area contributed by atoms with E-state index >= 15 is 0 Å². The minimum absolute atomic E-state index is 0.144. The van der Waals surface area contributed by atoms with E-state index < -0.39 is 0 Å². The molecule has 156 valence electrons. The van der Waals surface area contributed by atoms with Gasteiger partial charge in [-0.1, -0.05) is 27.7 Å². The van der Waals surface area contributed by atoms with E-state index in [1.165, 1.54) is 23.9 Å². The Labute approximate surface area is 191 Å². The quantitative estimate of drug-likeness (QED) is 0.367. The maximum absolute atomic E-state index is 13.5. The molecule has 31 heavy (non-hydrogen) atoms. The molecule has 0 aliphatic rings. The van der Waals surface area contributed by atoms with Crippen LogP contribution in [0.1, 0.15) is 5.56 Å². The SMILES string of the molecule is Cc1cc(NC(=O)CSc2nnc(-c3ccncc3)n2-c2ccc(F)cc2)ccc1Br. The topological polar surface area (TPSA) is 72.7 Å². The van der Waals surface area contributed by atoms with Crippen molar-refractivity contribution < 1.29 is 9.18 Å². The maximum atomic E-state index is 13.5. The Morgan fingerprint density at radius 1 is 1.10 bits per heavy atom.